The molecule has 2 heteroatoms. The Morgan fingerprint density at radius 3 is 2.00 bits per heavy atom. The van der Waals surface area contributed by atoms with E-state index in [1.54, 1.807) is 13.7 Å². The molecule has 0 saturated carbocycles. The first-order valence-electron chi connectivity index (χ1n) is 12.8. The van der Waals surface area contributed by atoms with Crippen LogP contribution in [-0.4, -0.2) is 10.3 Å². The van der Waals surface area contributed by atoms with Gasteiger partial charge in [0.1, 0.15) is 0 Å². The van der Waals surface area contributed by atoms with Crippen molar-refractivity contribution in [2.24, 2.45) is 0 Å². The summed E-state index contributed by atoms with van der Waals surface area (Å²) < 4.78 is 16.0. The molecule has 2 aliphatic carbocycles. The van der Waals surface area contributed by atoms with Crippen LogP contribution in [0.15, 0.2) is 119 Å². The van der Waals surface area contributed by atoms with Crippen LogP contribution in [0.5, 0.6) is 5.75 Å². The third-order valence-electron chi connectivity index (χ3n) is 8.57. The van der Waals surface area contributed by atoms with Crippen LogP contribution in [0.4, 0.5) is 0 Å². The van der Waals surface area contributed by atoms with Crippen LogP contribution in [0.2, 0.25) is 9.26 Å². The summed E-state index contributed by atoms with van der Waals surface area (Å²) in [5.41, 5.74) is 8.15. The first-order valence-corrected chi connectivity index (χ1v) is 21.4. The van der Waals surface area contributed by atoms with E-state index >= 15 is 0 Å². The molecule has 0 aliphatic heterocycles. The Morgan fingerprint density at radius 1 is 0.750 bits per heavy atom. The number of fused-ring (bicyclic) bond motifs is 3. The summed E-state index contributed by atoms with van der Waals surface area (Å²) in [5.74, 6) is 0.982. The van der Waals surface area contributed by atoms with Gasteiger partial charge in [0.2, 0.25) is 0 Å². The van der Waals surface area contributed by atoms with Gasteiger partial charge in [0.05, 0.1) is 0 Å². The SMILES string of the molecule is COc1cc[c]([Zr]([CH3])([CH3])([C]2=CC=CC2)=[C](c2ccccc2)c2ccccc2)c2c1-c1ccccc1C2. The Balaban J connectivity index is 1.81. The molecule has 0 bridgehead atoms. The van der Waals surface area contributed by atoms with Gasteiger partial charge in [-0.3, -0.25) is 0 Å². The summed E-state index contributed by atoms with van der Waals surface area (Å²) in [6, 6.07) is 35.7. The van der Waals surface area contributed by atoms with Gasteiger partial charge in [-0.15, -0.1) is 0 Å². The van der Waals surface area contributed by atoms with Crippen LogP contribution in [0.1, 0.15) is 28.7 Å². The molecule has 0 atom stereocenters. The summed E-state index contributed by atoms with van der Waals surface area (Å²) >= 11 is -4.15. The van der Waals surface area contributed by atoms with Crippen molar-refractivity contribution in [3.8, 4) is 16.9 Å². The fourth-order valence-electron chi connectivity index (χ4n) is 6.80. The Labute approximate surface area is 215 Å². The number of benzene rings is 4. The number of allylic oxidation sites excluding steroid dienone is 4. The summed E-state index contributed by atoms with van der Waals surface area (Å²) in [5, 5.41) is 0. The minimum absolute atomic E-state index is 0.959. The van der Waals surface area contributed by atoms with Gasteiger partial charge < -0.3 is 0 Å². The van der Waals surface area contributed by atoms with Crippen molar-refractivity contribution in [1.82, 2.24) is 0 Å². The number of rotatable bonds is 5. The Morgan fingerprint density at radius 2 is 1.39 bits per heavy atom. The van der Waals surface area contributed by atoms with E-state index in [1.807, 2.05) is 0 Å². The van der Waals surface area contributed by atoms with Gasteiger partial charge >= 0.3 is 216 Å². The van der Waals surface area contributed by atoms with Crippen molar-refractivity contribution >= 4 is 6.48 Å². The second-order valence-corrected chi connectivity index (χ2v) is 26.6. The van der Waals surface area contributed by atoms with E-state index in [4.69, 9.17) is 4.74 Å². The van der Waals surface area contributed by atoms with Gasteiger partial charge in [-0.25, -0.2) is 0 Å². The standard InChI is InChI=1S/C14H11O.C13H10.C5H5.2CH3.Zr/c1-15-13-8-4-6-11-9-10-5-2-3-7-12(10)14(11)13;1-3-7-12(8-4-1)11-13-9-5-2-6-10-13;1-2-4-5-3-1;;;/h2-5,7-8H,9H2,1H3;1-10H;1-3H,4H2;2*1H3;. The van der Waals surface area contributed by atoms with Gasteiger partial charge in [0, 0.05) is 0 Å². The van der Waals surface area contributed by atoms with Crippen molar-refractivity contribution < 1.29 is 23.0 Å². The molecule has 0 heterocycles. The normalized spacial score (nSPS) is 14.3. The molecule has 2 aliphatic rings. The number of ether oxygens (including phenoxy) is 1. The van der Waals surface area contributed by atoms with Crippen LogP contribution in [-0.2, 0) is 24.7 Å². The van der Waals surface area contributed by atoms with Crippen LogP contribution >= 0.6 is 0 Å². The topological polar surface area (TPSA) is 9.23 Å². The molecule has 0 unspecified atom stereocenters. The predicted octanol–water partition coefficient (Wildman–Crippen LogP) is 7.79. The van der Waals surface area contributed by atoms with Gasteiger partial charge in [-0.1, -0.05) is 0 Å². The van der Waals surface area contributed by atoms with Crippen LogP contribution in [0.3, 0.4) is 0 Å². The second-order valence-electron chi connectivity index (χ2n) is 10.8. The molecule has 1 nitrogen and oxygen atoms in total. The average molecular weight is 548 g/mol. The molecule has 178 valence electrons. The van der Waals surface area contributed by atoms with E-state index < -0.39 is 18.3 Å². The van der Waals surface area contributed by atoms with E-state index in [1.165, 1.54) is 36.6 Å². The van der Waals surface area contributed by atoms with E-state index in [-0.39, 0.29) is 0 Å². The fourth-order valence-corrected chi connectivity index (χ4v) is 21.6. The quantitative estimate of drug-likeness (QED) is 0.218. The molecule has 4 aromatic carbocycles. The van der Waals surface area contributed by atoms with E-state index in [0.717, 1.165) is 18.6 Å². The second kappa shape index (κ2) is 8.79. The third kappa shape index (κ3) is 3.42. The third-order valence-corrected chi connectivity index (χ3v) is 24.4. The molecule has 0 spiro atoms. The van der Waals surface area contributed by atoms with Crippen LogP contribution in [0, 0.1) is 0 Å². The van der Waals surface area contributed by atoms with Crippen LogP contribution < -0.4 is 8.01 Å². The molecule has 0 radical (unpaired) electrons. The van der Waals surface area contributed by atoms with Crippen molar-refractivity contribution in [2.45, 2.75) is 22.1 Å². The van der Waals surface area contributed by atoms with E-state index in [9.17, 15) is 0 Å². The first kappa shape index (κ1) is 23.3. The Kier molecular flexibility index (Phi) is 5.69. The molecule has 36 heavy (non-hydrogen) atoms. The molecule has 0 fully saturated rings. The van der Waals surface area contributed by atoms with E-state index in [0.29, 0.717) is 0 Å². The maximum atomic E-state index is 5.96. The Hall–Kier alpha value is -3.09. The molecule has 0 amide bonds. The van der Waals surface area contributed by atoms with Gasteiger partial charge in [0.15, 0.2) is 0 Å². The summed E-state index contributed by atoms with van der Waals surface area (Å²) in [4.78, 5) is 0. The number of hydrogen-bond acceptors (Lipinski definition) is 1. The van der Waals surface area contributed by atoms with Gasteiger partial charge in [0.25, 0.3) is 0 Å². The zero-order valence-electron chi connectivity index (χ0n) is 21.3. The molecule has 6 rings (SSSR count). The number of hydrogen-bond donors (Lipinski definition) is 0. The molecular formula is C34H32OZr. The van der Waals surface area contributed by atoms with E-state index in [2.05, 4.69) is 125 Å². The zero-order valence-corrected chi connectivity index (χ0v) is 23.8. The molecule has 4 aromatic rings. The van der Waals surface area contributed by atoms with Crippen molar-refractivity contribution in [2.75, 3.05) is 7.11 Å². The molecule has 0 saturated heterocycles. The Bertz CT molecular complexity index is 1560. The van der Waals surface area contributed by atoms with Crippen molar-refractivity contribution in [3.63, 3.8) is 0 Å². The summed E-state index contributed by atoms with van der Waals surface area (Å²) in [7, 11) is 1.80. The fraction of sp³-hybridized carbons (Fsp3) is 0.147. The molecular weight excluding hydrogens is 516 g/mol. The predicted molar refractivity (Wildman–Crippen MR) is 151 cm³/mol. The van der Waals surface area contributed by atoms with Gasteiger partial charge in [-0.2, -0.15) is 0 Å². The minimum atomic E-state index is -4.15. The van der Waals surface area contributed by atoms with Gasteiger partial charge in [-0.05, 0) is 0 Å². The first-order chi connectivity index (χ1) is 17.5. The summed E-state index contributed by atoms with van der Waals surface area (Å²) in [6.45, 7) is 0. The van der Waals surface area contributed by atoms with Crippen molar-refractivity contribution in [3.05, 3.63) is 141 Å². The average Bonchev–Trinajstić information content (AvgIpc) is 3.59. The maximum absolute atomic E-state index is 5.96. The number of methoxy groups -OCH3 is 1. The van der Waals surface area contributed by atoms with Crippen LogP contribution in [0.25, 0.3) is 11.1 Å². The van der Waals surface area contributed by atoms with Crippen molar-refractivity contribution in [1.29, 1.82) is 0 Å². The summed E-state index contributed by atoms with van der Waals surface area (Å²) in [6.07, 6.45) is 9.01. The monoisotopic (exact) mass is 546 g/mol. The molecule has 0 aromatic heterocycles. The molecule has 0 N–H and O–H groups in total. The zero-order chi connectivity index (χ0) is 24.8.